The van der Waals surface area contributed by atoms with Crippen molar-refractivity contribution in [1.82, 2.24) is 0 Å². The molecule has 3 aromatic rings. The van der Waals surface area contributed by atoms with E-state index in [4.69, 9.17) is 11.6 Å². The van der Waals surface area contributed by atoms with Crippen molar-refractivity contribution in [3.05, 3.63) is 94.6 Å². The average Bonchev–Trinajstić information content (AvgIpc) is 2.95. The number of para-hydroxylation sites is 1. The zero-order chi connectivity index (χ0) is 19.0. The summed E-state index contributed by atoms with van der Waals surface area (Å²) in [4.78, 5) is 26.4. The zero-order valence-corrected chi connectivity index (χ0v) is 15.4. The lowest BCUT2D eigenvalue weighted by atomic mass is 10.0. The minimum atomic E-state index is -0.183. The van der Waals surface area contributed by atoms with Gasteiger partial charge in [-0.25, -0.2) is 0 Å². The molecule has 132 valence electrons. The van der Waals surface area contributed by atoms with Gasteiger partial charge in [0.25, 0.3) is 0 Å². The van der Waals surface area contributed by atoms with Crippen molar-refractivity contribution in [2.24, 2.45) is 0 Å². The van der Waals surface area contributed by atoms with Crippen LogP contribution in [0.3, 0.4) is 0 Å². The van der Waals surface area contributed by atoms with Crippen LogP contribution in [0.15, 0.2) is 78.5 Å². The van der Waals surface area contributed by atoms with Crippen molar-refractivity contribution in [3.8, 4) is 11.1 Å². The fraction of sp³-hybridized carbons (Fsp3) is 0.0435. The molecular weight excluding hydrogens is 358 g/mol. The normalized spacial score (nSPS) is 14.5. The molecule has 0 fully saturated rings. The highest BCUT2D eigenvalue weighted by Gasteiger charge is 2.34. The quantitative estimate of drug-likeness (QED) is 0.548. The van der Waals surface area contributed by atoms with Crippen LogP contribution >= 0.6 is 11.6 Å². The zero-order valence-electron chi connectivity index (χ0n) is 14.6. The van der Waals surface area contributed by atoms with E-state index in [1.807, 2.05) is 54.6 Å². The first-order valence-corrected chi connectivity index (χ1v) is 8.94. The van der Waals surface area contributed by atoms with Gasteiger partial charge in [-0.2, -0.15) is 0 Å². The Kier molecular flexibility index (Phi) is 4.38. The number of benzene rings is 3. The summed E-state index contributed by atoms with van der Waals surface area (Å²) in [6.45, 7) is 1.47. The Morgan fingerprint density at radius 1 is 0.889 bits per heavy atom. The van der Waals surface area contributed by atoms with E-state index in [9.17, 15) is 9.59 Å². The van der Waals surface area contributed by atoms with Crippen LogP contribution in [0.4, 0.5) is 5.69 Å². The molecular formula is C23H16ClNO2. The second-order valence-corrected chi connectivity index (χ2v) is 6.80. The highest BCUT2D eigenvalue weighted by Crippen LogP contribution is 2.35. The summed E-state index contributed by atoms with van der Waals surface area (Å²) in [6.07, 6.45) is 1.76. The number of fused-ring (bicyclic) bond motifs is 1. The predicted molar refractivity (Wildman–Crippen MR) is 109 cm³/mol. The fourth-order valence-electron chi connectivity index (χ4n) is 3.27. The number of rotatable bonds is 2. The standard InChI is InChI=1S/C23H16ClNO2/c1-15(26)25-21-5-3-2-4-20(21)23(27)22(25)14-16-6-8-17(9-7-16)18-10-12-19(24)13-11-18/h2-14H,1H3/b22-14+. The Morgan fingerprint density at radius 2 is 1.48 bits per heavy atom. The molecule has 0 bridgehead atoms. The van der Waals surface area contributed by atoms with Gasteiger partial charge in [-0.15, -0.1) is 0 Å². The summed E-state index contributed by atoms with van der Waals surface area (Å²) in [7, 11) is 0. The van der Waals surface area contributed by atoms with Crippen LogP contribution in [0.5, 0.6) is 0 Å². The highest BCUT2D eigenvalue weighted by atomic mass is 35.5. The van der Waals surface area contributed by atoms with E-state index in [0.29, 0.717) is 22.0 Å². The molecule has 0 aromatic heterocycles. The Hall–Kier alpha value is -3.17. The maximum absolute atomic E-state index is 12.8. The molecule has 0 N–H and O–H groups in total. The number of Topliss-reactive ketones (excluding diaryl/α,β-unsaturated/α-hetero) is 1. The van der Waals surface area contributed by atoms with E-state index in [2.05, 4.69) is 0 Å². The molecule has 3 aromatic carbocycles. The lowest BCUT2D eigenvalue weighted by molar-refractivity contribution is -0.116. The van der Waals surface area contributed by atoms with E-state index in [1.54, 1.807) is 24.3 Å². The van der Waals surface area contributed by atoms with Gasteiger partial charge in [0, 0.05) is 17.5 Å². The van der Waals surface area contributed by atoms with Gasteiger partial charge in [0.05, 0.1) is 11.4 Å². The third-order valence-corrected chi connectivity index (χ3v) is 4.82. The van der Waals surface area contributed by atoms with Gasteiger partial charge in [0.15, 0.2) is 0 Å². The number of carbonyl (C=O) groups excluding carboxylic acids is 2. The monoisotopic (exact) mass is 373 g/mol. The van der Waals surface area contributed by atoms with Crippen molar-refractivity contribution in [2.45, 2.75) is 6.92 Å². The number of hydrogen-bond acceptors (Lipinski definition) is 2. The van der Waals surface area contributed by atoms with Gasteiger partial charge in [-0.05, 0) is 47.0 Å². The first-order valence-electron chi connectivity index (χ1n) is 8.57. The first kappa shape index (κ1) is 17.3. The topological polar surface area (TPSA) is 37.4 Å². The molecule has 4 rings (SSSR count). The summed E-state index contributed by atoms with van der Waals surface area (Å²) in [5.74, 6) is -0.320. The minimum Gasteiger partial charge on any atom is -0.287 e. The number of hydrogen-bond donors (Lipinski definition) is 0. The number of amides is 1. The number of carbonyl (C=O) groups is 2. The molecule has 4 heteroatoms. The lowest BCUT2D eigenvalue weighted by Gasteiger charge is -2.16. The summed E-state index contributed by atoms with van der Waals surface area (Å²) in [5, 5.41) is 0.698. The van der Waals surface area contributed by atoms with Crippen molar-refractivity contribution in [1.29, 1.82) is 0 Å². The third-order valence-electron chi connectivity index (χ3n) is 4.57. The Bertz CT molecular complexity index is 1070. The lowest BCUT2D eigenvalue weighted by Crippen LogP contribution is -2.25. The molecule has 0 saturated carbocycles. The minimum absolute atomic E-state index is 0.137. The van der Waals surface area contributed by atoms with E-state index in [-0.39, 0.29) is 11.7 Å². The summed E-state index contributed by atoms with van der Waals surface area (Å²) in [6, 6.07) is 22.6. The maximum Gasteiger partial charge on any atom is 0.228 e. The summed E-state index contributed by atoms with van der Waals surface area (Å²) >= 11 is 5.94. The molecule has 27 heavy (non-hydrogen) atoms. The average molecular weight is 374 g/mol. The number of nitrogens with zero attached hydrogens (tertiary/aromatic N) is 1. The van der Waals surface area contributed by atoms with Gasteiger partial charge < -0.3 is 0 Å². The predicted octanol–water partition coefficient (Wildman–Crippen LogP) is 5.60. The third kappa shape index (κ3) is 3.18. The van der Waals surface area contributed by atoms with Crippen LogP contribution in [-0.4, -0.2) is 11.7 Å². The van der Waals surface area contributed by atoms with Crippen LogP contribution < -0.4 is 4.90 Å². The Labute approximate surface area is 162 Å². The van der Waals surface area contributed by atoms with E-state index >= 15 is 0 Å². The molecule has 1 aliphatic rings. The summed E-state index contributed by atoms with van der Waals surface area (Å²) < 4.78 is 0. The molecule has 0 unspecified atom stereocenters. The van der Waals surface area contributed by atoms with E-state index in [1.165, 1.54) is 11.8 Å². The molecule has 0 aliphatic carbocycles. The van der Waals surface area contributed by atoms with Gasteiger partial charge in [-0.1, -0.05) is 60.1 Å². The van der Waals surface area contributed by atoms with Gasteiger partial charge in [-0.3, -0.25) is 14.5 Å². The number of ketones is 1. The molecule has 0 atom stereocenters. The Balaban J connectivity index is 1.70. The number of allylic oxidation sites excluding steroid dienone is 1. The van der Waals surface area contributed by atoms with Gasteiger partial charge in [0.2, 0.25) is 11.7 Å². The van der Waals surface area contributed by atoms with Crippen molar-refractivity contribution < 1.29 is 9.59 Å². The largest absolute Gasteiger partial charge is 0.287 e. The molecule has 1 heterocycles. The SMILES string of the molecule is CC(=O)N1/C(=C/c2ccc(-c3ccc(Cl)cc3)cc2)C(=O)c2ccccc21. The van der Waals surface area contributed by atoms with Crippen molar-refractivity contribution in [2.75, 3.05) is 4.90 Å². The van der Waals surface area contributed by atoms with Crippen molar-refractivity contribution in [3.63, 3.8) is 0 Å². The van der Waals surface area contributed by atoms with Crippen LogP contribution in [0, 0.1) is 0 Å². The summed E-state index contributed by atoms with van der Waals surface area (Å²) in [5.41, 5.74) is 4.54. The van der Waals surface area contributed by atoms with Gasteiger partial charge >= 0.3 is 0 Å². The van der Waals surface area contributed by atoms with Crippen LogP contribution in [0.25, 0.3) is 17.2 Å². The number of anilines is 1. The second-order valence-electron chi connectivity index (χ2n) is 6.36. The second kappa shape index (κ2) is 6.86. The number of halogens is 1. The maximum atomic E-state index is 12.8. The van der Waals surface area contributed by atoms with Crippen molar-refractivity contribution >= 4 is 35.1 Å². The van der Waals surface area contributed by atoms with E-state index in [0.717, 1.165) is 16.7 Å². The molecule has 1 amide bonds. The molecule has 0 saturated heterocycles. The van der Waals surface area contributed by atoms with Crippen LogP contribution in [-0.2, 0) is 4.79 Å². The smallest absolute Gasteiger partial charge is 0.228 e. The van der Waals surface area contributed by atoms with E-state index < -0.39 is 0 Å². The molecule has 3 nitrogen and oxygen atoms in total. The van der Waals surface area contributed by atoms with Crippen LogP contribution in [0.1, 0.15) is 22.8 Å². The van der Waals surface area contributed by atoms with Crippen LogP contribution in [0.2, 0.25) is 5.02 Å². The first-order chi connectivity index (χ1) is 13.0. The fourth-order valence-corrected chi connectivity index (χ4v) is 3.40. The molecule has 0 radical (unpaired) electrons. The highest BCUT2D eigenvalue weighted by molar-refractivity contribution is 6.30. The molecule has 0 spiro atoms. The van der Waals surface area contributed by atoms with Gasteiger partial charge in [0.1, 0.15) is 0 Å². The Morgan fingerprint density at radius 3 is 2.11 bits per heavy atom. The molecule has 1 aliphatic heterocycles.